The van der Waals surface area contributed by atoms with Crippen LogP contribution in [0.4, 0.5) is 0 Å². The lowest BCUT2D eigenvalue weighted by molar-refractivity contribution is -0.124. The molecule has 1 aliphatic heterocycles. The normalized spacial score (nSPS) is 22.3. The lowest BCUT2D eigenvalue weighted by Crippen LogP contribution is -2.52. The minimum Gasteiger partial charge on any atom is -0.379 e. The number of hydrogen-bond acceptors (Lipinski definition) is 4. The molecule has 0 bridgehead atoms. The number of rotatable bonds is 10. The molecular formula is C14H28N2O3. The summed E-state index contributed by atoms with van der Waals surface area (Å²) in [5, 5.41) is 3.16. The van der Waals surface area contributed by atoms with Gasteiger partial charge in [0.2, 0.25) is 5.91 Å². The number of ether oxygens (including phenoxy) is 2. The van der Waals surface area contributed by atoms with Crippen molar-refractivity contribution in [2.75, 3.05) is 26.4 Å². The van der Waals surface area contributed by atoms with Crippen LogP contribution < -0.4 is 11.1 Å². The number of primary amides is 1. The maximum atomic E-state index is 11.4. The molecule has 5 nitrogen and oxygen atoms in total. The molecule has 1 saturated heterocycles. The Morgan fingerprint density at radius 3 is 2.89 bits per heavy atom. The monoisotopic (exact) mass is 272 g/mol. The molecule has 2 atom stereocenters. The van der Waals surface area contributed by atoms with Crippen LogP contribution in [-0.2, 0) is 14.3 Å². The van der Waals surface area contributed by atoms with E-state index in [0.29, 0.717) is 6.61 Å². The van der Waals surface area contributed by atoms with E-state index in [4.69, 9.17) is 15.2 Å². The van der Waals surface area contributed by atoms with Gasteiger partial charge in [0.1, 0.15) is 0 Å². The number of carbonyl (C=O) groups excluding carboxylic acids is 1. The van der Waals surface area contributed by atoms with Crippen LogP contribution in [0.3, 0.4) is 0 Å². The van der Waals surface area contributed by atoms with Gasteiger partial charge in [0.15, 0.2) is 0 Å². The first-order chi connectivity index (χ1) is 9.08. The lowest BCUT2D eigenvalue weighted by atomic mass is 9.94. The molecule has 0 aromatic heterocycles. The Kier molecular flexibility index (Phi) is 7.34. The Morgan fingerprint density at radius 1 is 1.53 bits per heavy atom. The van der Waals surface area contributed by atoms with Crippen molar-refractivity contribution in [2.45, 2.75) is 57.6 Å². The van der Waals surface area contributed by atoms with Crippen LogP contribution in [0.5, 0.6) is 0 Å². The Hall–Kier alpha value is -0.650. The molecule has 2 unspecified atom stereocenters. The maximum absolute atomic E-state index is 11.4. The SMILES string of the molecule is CCNC(C)(CCCCOCC1CCCO1)C(N)=O. The molecule has 112 valence electrons. The number of carbonyl (C=O) groups is 1. The van der Waals surface area contributed by atoms with Crippen LogP contribution in [0.15, 0.2) is 0 Å². The Labute approximate surface area is 116 Å². The molecule has 1 heterocycles. The van der Waals surface area contributed by atoms with Crippen LogP contribution in [0.2, 0.25) is 0 Å². The second-order valence-corrected chi connectivity index (χ2v) is 5.39. The highest BCUT2D eigenvalue weighted by Gasteiger charge is 2.28. The summed E-state index contributed by atoms with van der Waals surface area (Å²) >= 11 is 0. The van der Waals surface area contributed by atoms with E-state index in [2.05, 4.69) is 5.32 Å². The maximum Gasteiger partial charge on any atom is 0.237 e. The Bertz CT molecular complexity index is 267. The molecule has 0 aromatic rings. The van der Waals surface area contributed by atoms with E-state index in [1.54, 1.807) is 0 Å². The van der Waals surface area contributed by atoms with Crippen LogP contribution in [-0.4, -0.2) is 43.9 Å². The standard InChI is InChI=1S/C14H28N2O3/c1-3-16-14(2,13(15)17)8-4-5-9-18-11-12-7-6-10-19-12/h12,16H,3-11H2,1-2H3,(H2,15,17). The number of unbranched alkanes of at least 4 members (excludes halogenated alkanes) is 1. The fourth-order valence-corrected chi connectivity index (χ4v) is 2.36. The molecule has 1 rings (SSSR count). The van der Waals surface area contributed by atoms with Crippen molar-refractivity contribution in [1.29, 1.82) is 0 Å². The molecule has 1 amide bonds. The van der Waals surface area contributed by atoms with Crippen molar-refractivity contribution >= 4 is 5.91 Å². The zero-order chi connectivity index (χ0) is 14.1. The summed E-state index contributed by atoms with van der Waals surface area (Å²) < 4.78 is 11.1. The van der Waals surface area contributed by atoms with Gasteiger partial charge < -0.3 is 20.5 Å². The lowest BCUT2D eigenvalue weighted by Gasteiger charge is -2.26. The van der Waals surface area contributed by atoms with Gasteiger partial charge >= 0.3 is 0 Å². The van der Waals surface area contributed by atoms with E-state index in [-0.39, 0.29) is 12.0 Å². The van der Waals surface area contributed by atoms with E-state index in [9.17, 15) is 4.79 Å². The van der Waals surface area contributed by atoms with E-state index >= 15 is 0 Å². The van der Waals surface area contributed by atoms with Crippen LogP contribution >= 0.6 is 0 Å². The van der Waals surface area contributed by atoms with Crippen molar-refractivity contribution in [3.8, 4) is 0 Å². The summed E-state index contributed by atoms with van der Waals surface area (Å²) in [6.45, 7) is 6.88. The molecule has 19 heavy (non-hydrogen) atoms. The van der Waals surface area contributed by atoms with E-state index in [1.807, 2.05) is 13.8 Å². The van der Waals surface area contributed by atoms with Gasteiger partial charge in [-0.1, -0.05) is 6.92 Å². The molecule has 0 aromatic carbocycles. The first-order valence-electron chi connectivity index (χ1n) is 7.33. The minimum absolute atomic E-state index is 0.283. The molecular weight excluding hydrogens is 244 g/mol. The zero-order valence-corrected chi connectivity index (χ0v) is 12.2. The smallest absolute Gasteiger partial charge is 0.237 e. The highest BCUT2D eigenvalue weighted by Crippen LogP contribution is 2.14. The van der Waals surface area contributed by atoms with Crippen molar-refractivity contribution in [3.05, 3.63) is 0 Å². The molecule has 0 aliphatic carbocycles. The zero-order valence-electron chi connectivity index (χ0n) is 12.2. The average Bonchev–Trinajstić information content (AvgIpc) is 2.86. The minimum atomic E-state index is -0.594. The predicted molar refractivity (Wildman–Crippen MR) is 74.9 cm³/mol. The molecule has 1 fully saturated rings. The number of nitrogens with two attached hydrogens (primary N) is 1. The molecule has 5 heteroatoms. The number of amides is 1. The summed E-state index contributed by atoms with van der Waals surface area (Å²) in [6, 6.07) is 0. The van der Waals surface area contributed by atoms with Gasteiger partial charge in [-0.25, -0.2) is 0 Å². The summed E-state index contributed by atoms with van der Waals surface area (Å²) in [7, 11) is 0. The van der Waals surface area contributed by atoms with Gasteiger partial charge in [0.25, 0.3) is 0 Å². The highest BCUT2D eigenvalue weighted by molar-refractivity contribution is 5.84. The molecule has 0 saturated carbocycles. The topological polar surface area (TPSA) is 73.6 Å². The average molecular weight is 272 g/mol. The van der Waals surface area contributed by atoms with Crippen LogP contribution in [0.25, 0.3) is 0 Å². The van der Waals surface area contributed by atoms with Crippen LogP contribution in [0.1, 0.15) is 46.0 Å². The van der Waals surface area contributed by atoms with Gasteiger partial charge in [-0.2, -0.15) is 0 Å². The third kappa shape index (κ3) is 5.89. The number of hydrogen-bond donors (Lipinski definition) is 2. The first-order valence-corrected chi connectivity index (χ1v) is 7.33. The number of nitrogens with one attached hydrogen (secondary N) is 1. The molecule has 1 aliphatic rings. The van der Waals surface area contributed by atoms with Gasteiger partial charge in [-0.15, -0.1) is 0 Å². The molecule has 0 radical (unpaired) electrons. The third-order valence-electron chi connectivity index (χ3n) is 3.65. The van der Waals surface area contributed by atoms with Gasteiger partial charge in [0.05, 0.1) is 18.2 Å². The van der Waals surface area contributed by atoms with E-state index < -0.39 is 5.54 Å². The van der Waals surface area contributed by atoms with E-state index in [0.717, 1.165) is 51.9 Å². The number of likely N-dealkylation sites (N-methyl/N-ethyl adjacent to an activating group) is 1. The van der Waals surface area contributed by atoms with Gasteiger partial charge in [-0.3, -0.25) is 4.79 Å². The highest BCUT2D eigenvalue weighted by atomic mass is 16.5. The summed E-state index contributed by atoms with van der Waals surface area (Å²) in [5.74, 6) is -0.283. The largest absolute Gasteiger partial charge is 0.379 e. The van der Waals surface area contributed by atoms with Gasteiger partial charge in [0, 0.05) is 13.2 Å². The fraction of sp³-hybridized carbons (Fsp3) is 0.929. The summed E-state index contributed by atoms with van der Waals surface area (Å²) in [5.41, 5.74) is 4.84. The third-order valence-corrected chi connectivity index (χ3v) is 3.65. The second-order valence-electron chi connectivity index (χ2n) is 5.39. The van der Waals surface area contributed by atoms with Gasteiger partial charge in [-0.05, 0) is 45.6 Å². The van der Waals surface area contributed by atoms with E-state index in [1.165, 1.54) is 0 Å². The Balaban J connectivity index is 2.06. The summed E-state index contributed by atoms with van der Waals surface area (Å²) in [4.78, 5) is 11.4. The fourth-order valence-electron chi connectivity index (χ4n) is 2.36. The van der Waals surface area contributed by atoms with Crippen molar-refractivity contribution in [3.63, 3.8) is 0 Å². The van der Waals surface area contributed by atoms with Crippen molar-refractivity contribution < 1.29 is 14.3 Å². The first kappa shape index (κ1) is 16.4. The molecule has 0 spiro atoms. The van der Waals surface area contributed by atoms with Crippen molar-refractivity contribution in [2.24, 2.45) is 5.73 Å². The second kappa shape index (κ2) is 8.51. The Morgan fingerprint density at radius 2 is 2.32 bits per heavy atom. The van der Waals surface area contributed by atoms with Crippen LogP contribution in [0, 0.1) is 0 Å². The van der Waals surface area contributed by atoms with Crippen molar-refractivity contribution in [1.82, 2.24) is 5.32 Å². The predicted octanol–water partition coefficient (Wildman–Crippen LogP) is 1.21. The quantitative estimate of drug-likeness (QED) is 0.586. The molecule has 3 N–H and O–H groups in total. The summed E-state index contributed by atoms with van der Waals surface area (Å²) in [6.07, 6.45) is 5.17.